The first-order valence-corrected chi connectivity index (χ1v) is 9.84. The van der Waals surface area contributed by atoms with Gasteiger partial charge in [0, 0.05) is 13.0 Å². The number of hydrogen-bond donors (Lipinski definition) is 0. The van der Waals surface area contributed by atoms with Gasteiger partial charge >= 0.3 is 22.3 Å². The zero-order valence-electron chi connectivity index (χ0n) is 15.5. The lowest BCUT2D eigenvalue weighted by atomic mass is 9.96. The molecule has 1 saturated heterocycles. The maximum Gasteiger partial charge on any atom is 0.342 e. The second-order valence-corrected chi connectivity index (χ2v) is 8.00. The van der Waals surface area contributed by atoms with Gasteiger partial charge in [-0.2, -0.15) is 12.6 Å². The molecule has 27 heavy (non-hydrogen) atoms. The quantitative estimate of drug-likeness (QED) is 0.273. The molecule has 0 aliphatic carbocycles. The fourth-order valence-corrected chi connectivity index (χ4v) is 3.81. The van der Waals surface area contributed by atoms with Crippen molar-refractivity contribution in [2.45, 2.75) is 50.0 Å². The molecule has 0 N–H and O–H groups in total. The third-order valence-corrected chi connectivity index (χ3v) is 5.55. The molecule has 1 aliphatic rings. The number of benzene rings is 1. The second-order valence-electron chi connectivity index (χ2n) is 6.43. The number of aryl methyl sites for hydroxylation is 1. The van der Waals surface area contributed by atoms with Gasteiger partial charge in [-0.25, -0.2) is 6.57 Å². The van der Waals surface area contributed by atoms with Crippen molar-refractivity contribution in [3.05, 3.63) is 41.2 Å². The minimum atomic E-state index is -4.07. The van der Waals surface area contributed by atoms with Crippen LogP contribution in [0.5, 0.6) is 0 Å². The fourth-order valence-electron chi connectivity index (χ4n) is 2.82. The molecule has 1 heterocycles. The van der Waals surface area contributed by atoms with Gasteiger partial charge in [0.25, 0.3) is 0 Å². The van der Waals surface area contributed by atoms with E-state index in [-0.39, 0.29) is 30.4 Å². The van der Waals surface area contributed by atoms with Crippen LogP contribution in [0.25, 0.3) is 4.85 Å². The van der Waals surface area contributed by atoms with Crippen LogP contribution in [0, 0.1) is 19.4 Å². The summed E-state index contributed by atoms with van der Waals surface area (Å²) in [5.41, 5.74) is 0.912. The van der Waals surface area contributed by atoms with Crippen molar-refractivity contribution in [3.63, 3.8) is 0 Å². The van der Waals surface area contributed by atoms with E-state index in [1.807, 2.05) is 6.92 Å². The highest BCUT2D eigenvalue weighted by atomic mass is 32.2. The van der Waals surface area contributed by atoms with Gasteiger partial charge in [-0.15, -0.1) is 0 Å². The Bertz CT molecular complexity index is 785. The van der Waals surface area contributed by atoms with Crippen LogP contribution in [0.4, 0.5) is 0 Å². The number of hydrogen-bond acceptors (Lipinski definition) is 7. The molecule has 4 atom stereocenters. The van der Waals surface area contributed by atoms with E-state index in [9.17, 15) is 13.2 Å². The molecular weight excluding hydrogens is 374 g/mol. The molecule has 0 amide bonds. The van der Waals surface area contributed by atoms with Crippen molar-refractivity contribution in [2.24, 2.45) is 5.92 Å². The highest BCUT2D eigenvalue weighted by molar-refractivity contribution is 7.86. The number of rotatable bonds is 9. The van der Waals surface area contributed by atoms with Crippen molar-refractivity contribution in [2.75, 3.05) is 13.9 Å². The summed E-state index contributed by atoms with van der Waals surface area (Å²) < 4.78 is 45.4. The van der Waals surface area contributed by atoms with Crippen LogP contribution in [-0.2, 0) is 33.3 Å². The first-order valence-electron chi connectivity index (χ1n) is 8.43. The van der Waals surface area contributed by atoms with E-state index in [1.165, 1.54) is 19.2 Å². The minimum Gasteiger partial charge on any atom is -0.459 e. The van der Waals surface area contributed by atoms with Gasteiger partial charge in [-0.3, -0.25) is 9.64 Å². The van der Waals surface area contributed by atoms with Crippen LogP contribution in [0.15, 0.2) is 29.2 Å². The molecule has 9 heteroatoms. The summed E-state index contributed by atoms with van der Waals surface area (Å²) in [6, 6.07) is 6.17. The Morgan fingerprint density at radius 3 is 2.59 bits per heavy atom. The van der Waals surface area contributed by atoms with E-state index in [4.69, 9.17) is 25.0 Å². The normalized spacial score (nSPS) is 22.1. The second kappa shape index (κ2) is 9.28. The predicted molar refractivity (Wildman–Crippen MR) is 94.9 cm³/mol. The molecule has 148 valence electrons. The van der Waals surface area contributed by atoms with Crippen molar-refractivity contribution >= 4 is 16.1 Å². The summed E-state index contributed by atoms with van der Waals surface area (Å²) in [5, 5.41) is 0. The summed E-state index contributed by atoms with van der Waals surface area (Å²) in [5.74, 6) is -0.744. The van der Waals surface area contributed by atoms with Crippen LogP contribution in [-0.4, -0.2) is 46.7 Å². The Morgan fingerprint density at radius 1 is 1.33 bits per heavy atom. The predicted octanol–water partition coefficient (Wildman–Crippen LogP) is 2.28. The summed E-state index contributed by atoms with van der Waals surface area (Å²) in [6.45, 7) is 10.9. The summed E-state index contributed by atoms with van der Waals surface area (Å²) >= 11 is 0. The van der Waals surface area contributed by atoms with E-state index in [0.717, 1.165) is 5.56 Å². The number of carbonyl (C=O) groups excluding carboxylic acids is 1. The summed E-state index contributed by atoms with van der Waals surface area (Å²) in [6.07, 6.45) is -2.17. The molecule has 1 aromatic carbocycles. The standard InChI is InChI=1S/C18H23NO7S/c1-12-5-7-14(8-6-12)27(21,22)26-16(19-3)9-13(2)18-15(24-11-23-4)10-17(20)25-18/h5-8,13,15-16,18H,9-11H2,1-2,4H3/t13-,15-,16?,18-/m0/s1. The topological polar surface area (TPSA) is 92.5 Å². The van der Waals surface area contributed by atoms with Crippen molar-refractivity contribution < 1.29 is 31.6 Å². The van der Waals surface area contributed by atoms with Gasteiger partial charge in [-0.05, 0) is 19.1 Å². The molecule has 0 aromatic heterocycles. The van der Waals surface area contributed by atoms with Gasteiger partial charge in [0.15, 0.2) is 0 Å². The Balaban J connectivity index is 2.04. The number of nitrogens with zero attached hydrogens (tertiary/aromatic N) is 1. The largest absolute Gasteiger partial charge is 0.459 e. The van der Waals surface area contributed by atoms with Crippen molar-refractivity contribution in [1.82, 2.24) is 0 Å². The van der Waals surface area contributed by atoms with E-state index in [1.54, 1.807) is 19.1 Å². The molecule has 0 spiro atoms. The van der Waals surface area contributed by atoms with Crippen molar-refractivity contribution in [3.8, 4) is 0 Å². The van der Waals surface area contributed by atoms with Gasteiger partial charge in [-0.1, -0.05) is 24.6 Å². The van der Waals surface area contributed by atoms with Crippen LogP contribution in [0.2, 0.25) is 0 Å². The molecule has 1 aromatic rings. The highest BCUT2D eigenvalue weighted by Gasteiger charge is 2.41. The molecule has 0 bridgehead atoms. The van der Waals surface area contributed by atoms with Crippen molar-refractivity contribution in [1.29, 1.82) is 0 Å². The smallest absolute Gasteiger partial charge is 0.342 e. The monoisotopic (exact) mass is 397 g/mol. The fraction of sp³-hybridized carbons (Fsp3) is 0.556. The Morgan fingerprint density at radius 2 is 2.00 bits per heavy atom. The molecular formula is C18H23NO7S. The lowest BCUT2D eigenvalue weighted by Gasteiger charge is -2.23. The average Bonchev–Trinajstić information content (AvgIpc) is 3.00. The Labute approximate surface area is 159 Å². The van der Waals surface area contributed by atoms with Crippen LogP contribution < -0.4 is 0 Å². The zero-order chi connectivity index (χ0) is 20.0. The minimum absolute atomic E-state index is 0.00901. The Kier molecular flexibility index (Phi) is 7.33. The molecule has 1 fully saturated rings. The first-order chi connectivity index (χ1) is 12.8. The third kappa shape index (κ3) is 5.74. The summed E-state index contributed by atoms with van der Waals surface area (Å²) in [7, 11) is -2.60. The molecule has 1 unspecified atom stereocenters. The summed E-state index contributed by atoms with van der Waals surface area (Å²) in [4.78, 5) is 14.9. The number of cyclic esters (lactones) is 1. The average molecular weight is 397 g/mol. The maximum atomic E-state index is 12.4. The number of carbonyl (C=O) groups is 1. The molecule has 0 saturated carbocycles. The van der Waals surface area contributed by atoms with Gasteiger partial charge in [0.2, 0.25) is 0 Å². The van der Waals surface area contributed by atoms with E-state index < -0.39 is 34.5 Å². The first kappa shape index (κ1) is 21.3. The van der Waals surface area contributed by atoms with Crippen LogP contribution >= 0.6 is 0 Å². The molecule has 0 radical (unpaired) electrons. The van der Waals surface area contributed by atoms with Gasteiger partial charge in [0.05, 0.1) is 17.7 Å². The lowest BCUT2D eigenvalue weighted by molar-refractivity contribution is -0.146. The van der Waals surface area contributed by atoms with E-state index >= 15 is 0 Å². The van der Waals surface area contributed by atoms with Gasteiger partial charge < -0.3 is 14.2 Å². The lowest BCUT2D eigenvalue weighted by Crippen LogP contribution is -2.33. The Hall–Kier alpha value is -1.99. The van der Waals surface area contributed by atoms with Crippen LogP contribution in [0.1, 0.15) is 25.3 Å². The SMILES string of the molecule is [C-]#[N+]C(C[C@H](C)[C@@H]1OC(=O)C[C@@H]1OCOC)OS(=O)(=O)c1ccc(C)cc1. The number of esters is 1. The molecule has 8 nitrogen and oxygen atoms in total. The maximum absolute atomic E-state index is 12.4. The molecule has 1 aliphatic heterocycles. The number of methoxy groups -OCH3 is 1. The number of ether oxygens (including phenoxy) is 3. The highest BCUT2D eigenvalue weighted by Crippen LogP contribution is 2.29. The third-order valence-electron chi connectivity index (χ3n) is 4.23. The zero-order valence-corrected chi connectivity index (χ0v) is 16.3. The molecule has 2 rings (SSSR count). The van der Waals surface area contributed by atoms with Crippen LogP contribution in [0.3, 0.4) is 0 Å². The van der Waals surface area contributed by atoms with E-state index in [0.29, 0.717) is 0 Å². The van der Waals surface area contributed by atoms with Gasteiger partial charge in [0.1, 0.15) is 19.0 Å². The van der Waals surface area contributed by atoms with E-state index in [2.05, 4.69) is 4.85 Å².